The van der Waals surface area contributed by atoms with Gasteiger partial charge in [0.2, 0.25) is 5.91 Å². The SMILES string of the molecule is CC(Br)C(=O)NC(C)(C)C#N. The molecule has 0 fully saturated rings. The van der Waals surface area contributed by atoms with Gasteiger partial charge in [-0.1, -0.05) is 15.9 Å². The molecular weight excluding hydrogens is 208 g/mol. The quantitative estimate of drug-likeness (QED) is 0.709. The smallest absolute Gasteiger partial charge is 0.234 e. The first-order valence-electron chi connectivity index (χ1n) is 3.26. The molecule has 0 saturated heterocycles. The molecule has 0 aromatic carbocycles. The van der Waals surface area contributed by atoms with Crippen LogP contribution in [-0.2, 0) is 4.79 Å². The van der Waals surface area contributed by atoms with Crippen molar-refractivity contribution in [3.8, 4) is 6.07 Å². The van der Waals surface area contributed by atoms with Crippen LogP contribution in [0.2, 0.25) is 0 Å². The van der Waals surface area contributed by atoms with Gasteiger partial charge in [0.1, 0.15) is 5.54 Å². The fourth-order valence-corrected chi connectivity index (χ4v) is 0.550. The average Bonchev–Trinajstić information content (AvgIpc) is 1.87. The average molecular weight is 219 g/mol. The van der Waals surface area contributed by atoms with E-state index < -0.39 is 5.54 Å². The third-order valence-electron chi connectivity index (χ3n) is 1.08. The molecule has 1 unspecified atom stereocenters. The summed E-state index contributed by atoms with van der Waals surface area (Å²) in [7, 11) is 0. The van der Waals surface area contributed by atoms with Gasteiger partial charge in [0.05, 0.1) is 10.9 Å². The molecule has 0 radical (unpaired) electrons. The van der Waals surface area contributed by atoms with Gasteiger partial charge in [0.25, 0.3) is 0 Å². The van der Waals surface area contributed by atoms with Crippen LogP contribution >= 0.6 is 15.9 Å². The standard InChI is InChI=1S/C7H11BrN2O/c1-5(8)6(11)10-7(2,3)4-9/h5H,1-3H3,(H,10,11). The van der Waals surface area contributed by atoms with Crippen molar-refractivity contribution in [1.82, 2.24) is 5.32 Å². The molecule has 0 spiro atoms. The third kappa shape index (κ3) is 3.99. The Labute approximate surface area is 74.9 Å². The fourth-order valence-electron chi connectivity index (χ4n) is 0.435. The normalized spacial score (nSPS) is 13.4. The van der Waals surface area contributed by atoms with E-state index in [-0.39, 0.29) is 10.7 Å². The number of amides is 1. The predicted octanol–water partition coefficient (Wildman–Crippen LogP) is 1.19. The van der Waals surface area contributed by atoms with Crippen LogP contribution in [0, 0.1) is 11.3 Å². The number of hydrogen-bond acceptors (Lipinski definition) is 2. The lowest BCUT2D eigenvalue weighted by molar-refractivity contribution is -0.121. The molecule has 11 heavy (non-hydrogen) atoms. The summed E-state index contributed by atoms with van der Waals surface area (Å²) in [5.41, 5.74) is -0.779. The van der Waals surface area contributed by atoms with Gasteiger partial charge in [0, 0.05) is 0 Å². The maximum atomic E-state index is 11.0. The minimum absolute atomic E-state index is 0.170. The first kappa shape index (κ1) is 10.4. The molecule has 0 aliphatic carbocycles. The van der Waals surface area contributed by atoms with Gasteiger partial charge in [-0.25, -0.2) is 0 Å². The van der Waals surface area contributed by atoms with Gasteiger partial charge >= 0.3 is 0 Å². The van der Waals surface area contributed by atoms with Crippen LogP contribution in [0.25, 0.3) is 0 Å². The zero-order valence-corrected chi connectivity index (χ0v) is 8.40. The van der Waals surface area contributed by atoms with Crippen LogP contribution < -0.4 is 5.32 Å². The van der Waals surface area contributed by atoms with Gasteiger partial charge < -0.3 is 5.32 Å². The highest BCUT2D eigenvalue weighted by Gasteiger charge is 2.21. The first-order valence-corrected chi connectivity index (χ1v) is 4.18. The molecule has 0 aliphatic heterocycles. The van der Waals surface area contributed by atoms with Crippen molar-refractivity contribution in [2.75, 3.05) is 0 Å². The molecule has 0 bridgehead atoms. The van der Waals surface area contributed by atoms with Crippen LogP contribution in [0.1, 0.15) is 20.8 Å². The Morgan fingerprint density at radius 3 is 2.45 bits per heavy atom. The maximum Gasteiger partial charge on any atom is 0.234 e. The lowest BCUT2D eigenvalue weighted by Crippen LogP contribution is -2.44. The summed E-state index contributed by atoms with van der Waals surface area (Å²) >= 11 is 3.10. The molecule has 4 heteroatoms. The summed E-state index contributed by atoms with van der Waals surface area (Å²) < 4.78 is 0. The van der Waals surface area contributed by atoms with Crippen LogP contribution in [0.15, 0.2) is 0 Å². The van der Waals surface area contributed by atoms with Gasteiger partial charge in [-0.2, -0.15) is 5.26 Å². The number of carbonyl (C=O) groups is 1. The molecule has 1 atom stereocenters. The van der Waals surface area contributed by atoms with E-state index in [1.165, 1.54) is 0 Å². The van der Waals surface area contributed by atoms with Crippen molar-refractivity contribution in [1.29, 1.82) is 5.26 Å². The molecule has 0 aromatic heterocycles. The summed E-state index contributed by atoms with van der Waals surface area (Å²) in [6.45, 7) is 5.02. The number of nitrogens with zero attached hydrogens (tertiary/aromatic N) is 1. The minimum Gasteiger partial charge on any atom is -0.337 e. The van der Waals surface area contributed by atoms with E-state index in [0.717, 1.165) is 0 Å². The van der Waals surface area contributed by atoms with E-state index in [2.05, 4.69) is 21.2 Å². The second kappa shape index (κ2) is 3.72. The van der Waals surface area contributed by atoms with Crippen LogP contribution in [0.5, 0.6) is 0 Å². The zero-order valence-electron chi connectivity index (χ0n) is 6.81. The second-order valence-electron chi connectivity index (χ2n) is 2.84. The fraction of sp³-hybridized carbons (Fsp3) is 0.714. The lowest BCUT2D eigenvalue weighted by Gasteiger charge is -2.18. The zero-order chi connectivity index (χ0) is 9.07. The predicted molar refractivity (Wildman–Crippen MR) is 46.2 cm³/mol. The summed E-state index contributed by atoms with van der Waals surface area (Å²) in [6.07, 6.45) is 0. The Morgan fingerprint density at radius 1 is 1.73 bits per heavy atom. The van der Waals surface area contributed by atoms with Gasteiger partial charge in [-0.3, -0.25) is 4.79 Å². The van der Waals surface area contributed by atoms with Crippen LogP contribution in [0.3, 0.4) is 0 Å². The number of nitrogens with one attached hydrogen (secondary N) is 1. The molecule has 1 amide bonds. The summed E-state index contributed by atoms with van der Waals surface area (Å²) in [5.74, 6) is -0.170. The minimum atomic E-state index is -0.779. The molecule has 0 aliphatic rings. The Bertz CT molecular complexity index is 193. The van der Waals surface area contributed by atoms with Gasteiger partial charge in [-0.05, 0) is 20.8 Å². The summed E-state index contributed by atoms with van der Waals surface area (Å²) in [5, 5.41) is 11.1. The monoisotopic (exact) mass is 218 g/mol. The first-order chi connectivity index (χ1) is 4.89. The maximum absolute atomic E-state index is 11.0. The number of alkyl halides is 1. The van der Waals surface area contributed by atoms with Crippen LogP contribution in [0.4, 0.5) is 0 Å². The van der Waals surface area contributed by atoms with Gasteiger partial charge in [-0.15, -0.1) is 0 Å². The molecule has 3 nitrogen and oxygen atoms in total. The van der Waals surface area contributed by atoms with Crippen molar-refractivity contribution < 1.29 is 4.79 Å². The highest BCUT2D eigenvalue weighted by atomic mass is 79.9. The topological polar surface area (TPSA) is 52.9 Å². The number of nitriles is 1. The van der Waals surface area contributed by atoms with E-state index in [9.17, 15) is 4.79 Å². The van der Waals surface area contributed by atoms with Crippen molar-refractivity contribution in [3.05, 3.63) is 0 Å². The second-order valence-corrected chi connectivity index (χ2v) is 4.22. The largest absolute Gasteiger partial charge is 0.337 e. The highest BCUT2D eigenvalue weighted by Crippen LogP contribution is 2.03. The molecule has 62 valence electrons. The summed E-state index contributed by atoms with van der Waals surface area (Å²) in [4.78, 5) is 10.8. The Morgan fingerprint density at radius 2 is 2.18 bits per heavy atom. The van der Waals surface area contributed by atoms with E-state index in [0.29, 0.717) is 0 Å². The van der Waals surface area contributed by atoms with Crippen molar-refractivity contribution in [2.45, 2.75) is 31.1 Å². The lowest BCUT2D eigenvalue weighted by atomic mass is 10.1. The van der Waals surface area contributed by atoms with E-state index in [1.807, 2.05) is 6.07 Å². The Kier molecular flexibility index (Phi) is 3.53. The Balaban J connectivity index is 4.08. The number of rotatable bonds is 2. The molecular formula is C7H11BrN2O. The highest BCUT2D eigenvalue weighted by molar-refractivity contribution is 9.10. The van der Waals surface area contributed by atoms with Gasteiger partial charge in [0.15, 0.2) is 0 Å². The third-order valence-corrected chi connectivity index (χ3v) is 1.49. The number of hydrogen-bond donors (Lipinski definition) is 1. The number of halogens is 1. The van der Waals surface area contributed by atoms with Crippen LogP contribution in [-0.4, -0.2) is 16.3 Å². The Hall–Kier alpha value is -0.560. The molecule has 0 aromatic rings. The van der Waals surface area contributed by atoms with Crippen molar-refractivity contribution >= 4 is 21.8 Å². The van der Waals surface area contributed by atoms with E-state index in [1.54, 1.807) is 20.8 Å². The van der Waals surface area contributed by atoms with Crippen molar-refractivity contribution in [2.24, 2.45) is 0 Å². The van der Waals surface area contributed by atoms with E-state index in [4.69, 9.17) is 5.26 Å². The molecule has 1 N–H and O–H groups in total. The molecule has 0 rings (SSSR count). The molecule has 0 saturated carbocycles. The van der Waals surface area contributed by atoms with Crippen molar-refractivity contribution in [3.63, 3.8) is 0 Å². The number of carbonyl (C=O) groups excluding carboxylic acids is 1. The molecule has 0 heterocycles. The van der Waals surface area contributed by atoms with E-state index >= 15 is 0 Å². The summed E-state index contributed by atoms with van der Waals surface area (Å²) in [6, 6.07) is 1.97.